The first-order valence-electron chi connectivity index (χ1n) is 8.10. The Morgan fingerprint density at radius 1 is 1.36 bits per heavy atom. The molecule has 134 valence electrons. The standard InChI is InChI=1S/C18H22N2O5/c1-11-15(17(21)19-9-14-10-23-18(2,3)24-14)16(25-20-11)12-5-7-13(22-4)8-6-12/h5-8,14H,9-10H2,1-4H3,(H,19,21)/t14-/m1/s1. The Kier molecular flexibility index (Phi) is 4.78. The lowest BCUT2D eigenvalue weighted by molar-refractivity contribution is -0.137. The Hall–Kier alpha value is -2.38. The van der Waals surface area contributed by atoms with Crippen LogP contribution in [-0.4, -0.2) is 43.2 Å². The van der Waals surface area contributed by atoms with Crippen molar-refractivity contribution >= 4 is 5.91 Å². The summed E-state index contributed by atoms with van der Waals surface area (Å²) in [7, 11) is 1.60. The molecule has 1 aliphatic rings. The second-order valence-electron chi connectivity index (χ2n) is 6.36. The number of aryl methyl sites for hydroxylation is 1. The normalized spacial score (nSPS) is 19.0. The highest BCUT2D eigenvalue weighted by Gasteiger charge is 2.33. The van der Waals surface area contributed by atoms with Gasteiger partial charge in [-0.3, -0.25) is 4.79 Å². The van der Waals surface area contributed by atoms with E-state index in [0.717, 1.165) is 11.3 Å². The van der Waals surface area contributed by atoms with Crippen molar-refractivity contribution in [3.63, 3.8) is 0 Å². The number of nitrogens with one attached hydrogen (secondary N) is 1. The van der Waals surface area contributed by atoms with E-state index in [9.17, 15) is 4.79 Å². The van der Waals surface area contributed by atoms with Crippen LogP contribution in [0.5, 0.6) is 5.75 Å². The Labute approximate surface area is 146 Å². The Balaban J connectivity index is 1.73. The number of benzene rings is 1. The number of hydrogen-bond acceptors (Lipinski definition) is 6. The molecule has 3 rings (SSSR count). The van der Waals surface area contributed by atoms with Gasteiger partial charge >= 0.3 is 0 Å². The van der Waals surface area contributed by atoms with Crippen molar-refractivity contribution in [2.24, 2.45) is 0 Å². The summed E-state index contributed by atoms with van der Waals surface area (Å²) >= 11 is 0. The second kappa shape index (κ2) is 6.85. The van der Waals surface area contributed by atoms with Crippen LogP contribution in [-0.2, 0) is 9.47 Å². The van der Waals surface area contributed by atoms with Gasteiger partial charge < -0.3 is 24.1 Å². The first kappa shape index (κ1) is 17.4. The molecule has 0 aliphatic carbocycles. The summed E-state index contributed by atoms with van der Waals surface area (Å²) < 4.78 is 21.7. The highest BCUT2D eigenvalue weighted by Crippen LogP contribution is 2.28. The van der Waals surface area contributed by atoms with Gasteiger partial charge in [0.2, 0.25) is 0 Å². The monoisotopic (exact) mass is 346 g/mol. The van der Waals surface area contributed by atoms with Crippen molar-refractivity contribution in [1.29, 1.82) is 0 Å². The second-order valence-corrected chi connectivity index (χ2v) is 6.36. The third kappa shape index (κ3) is 3.83. The molecule has 1 fully saturated rings. The summed E-state index contributed by atoms with van der Waals surface area (Å²) in [5, 5.41) is 6.81. The molecular formula is C18H22N2O5. The van der Waals surface area contributed by atoms with E-state index < -0.39 is 5.79 Å². The number of rotatable bonds is 5. The first-order valence-corrected chi connectivity index (χ1v) is 8.10. The van der Waals surface area contributed by atoms with E-state index in [1.807, 2.05) is 26.0 Å². The number of aromatic nitrogens is 1. The van der Waals surface area contributed by atoms with Crippen LogP contribution in [0.1, 0.15) is 29.9 Å². The van der Waals surface area contributed by atoms with Crippen LogP contribution in [0, 0.1) is 6.92 Å². The van der Waals surface area contributed by atoms with E-state index in [-0.39, 0.29) is 12.0 Å². The molecule has 7 nitrogen and oxygen atoms in total. The molecule has 0 unspecified atom stereocenters. The fraction of sp³-hybridized carbons (Fsp3) is 0.444. The van der Waals surface area contributed by atoms with E-state index >= 15 is 0 Å². The van der Waals surface area contributed by atoms with Crippen LogP contribution in [0.4, 0.5) is 0 Å². The topological polar surface area (TPSA) is 82.8 Å². The fourth-order valence-corrected chi connectivity index (χ4v) is 2.74. The Morgan fingerprint density at radius 3 is 2.68 bits per heavy atom. The minimum absolute atomic E-state index is 0.177. The SMILES string of the molecule is COc1ccc(-c2onc(C)c2C(=O)NC[C@@H]2COC(C)(C)O2)cc1. The van der Waals surface area contributed by atoms with Gasteiger partial charge in [0.1, 0.15) is 17.4 Å². The lowest BCUT2D eigenvalue weighted by atomic mass is 10.1. The number of ether oxygens (including phenoxy) is 3. The van der Waals surface area contributed by atoms with Crippen molar-refractivity contribution in [1.82, 2.24) is 10.5 Å². The zero-order valence-corrected chi connectivity index (χ0v) is 14.8. The lowest BCUT2D eigenvalue weighted by Crippen LogP contribution is -2.34. The average Bonchev–Trinajstić information content (AvgIpc) is 3.15. The molecule has 0 bridgehead atoms. The van der Waals surface area contributed by atoms with E-state index in [1.54, 1.807) is 26.2 Å². The summed E-state index contributed by atoms with van der Waals surface area (Å²) in [6.07, 6.45) is -0.177. The van der Waals surface area contributed by atoms with E-state index in [2.05, 4.69) is 10.5 Å². The van der Waals surface area contributed by atoms with Crippen LogP contribution >= 0.6 is 0 Å². The van der Waals surface area contributed by atoms with Gasteiger partial charge in [-0.05, 0) is 45.0 Å². The van der Waals surface area contributed by atoms with Gasteiger partial charge in [0.25, 0.3) is 5.91 Å². The van der Waals surface area contributed by atoms with Gasteiger partial charge in [0.15, 0.2) is 11.5 Å². The molecule has 1 saturated heterocycles. The summed E-state index contributed by atoms with van der Waals surface area (Å²) in [4.78, 5) is 12.6. The molecule has 1 atom stereocenters. The van der Waals surface area contributed by atoms with Crippen molar-refractivity contribution < 1.29 is 23.5 Å². The molecule has 0 spiro atoms. The van der Waals surface area contributed by atoms with Crippen LogP contribution in [0.2, 0.25) is 0 Å². The number of methoxy groups -OCH3 is 1. The predicted octanol–water partition coefficient (Wildman–Crippen LogP) is 2.54. The van der Waals surface area contributed by atoms with Gasteiger partial charge in [-0.2, -0.15) is 0 Å². The molecular weight excluding hydrogens is 324 g/mol. The lowest BCUT2D eigenvalue weighted by Gasteiger charge is -2.17. The zero-order valence-electron chi connectivity index (χ0n) is 14.8. The van der Waals surface area contributed by atoms with Crippen molar-refractivity contribution in [2.75, 3.05) is 20.3 Å². The molecule has 1 N–H and O–H groups in total. The largest absolute Gasteiger partial charge is 0.497 e. The predicted molar refractivity (Wildman–Crippen MR) is 90.5 cm³/mol. The molecule has 2 heterocycles. The molecule has 1 aromatic heterocycles. The van der Waals surface area contributed by atoms with Crippen molar-refractivity contribution in [2.45, 2.75) is 32.7 Å². The number of carbonyl (C=O) groups excluding carboxylic acids is 1. The molecule has 2 aromatic rings. The molecule has 1 aromatic carbocycles. The van der Waals surface area contributed by atoms with Crippen LogP contribution in [0.3, 0.4) is 0 Å². The van der Waals surface area contributed by atoms with Gasteiger partial charge in [-0.1, -0.05) is 5.16 Å². The molecule has 7 heteroatoms. The van der Waals surface area contributed by atoms with Gasteiger partial charge in [-0.25, -0.2) is 0 Å². The maximum atomic E-state index is 12.6. The average molecular weight is 346 g/mol. The van der Waals surface area contributed by atoms with Gasteiger partial charge in [0.05, 0.1) is 19.4 Å². The van der Waals surface area contributed by atoms with E-state index in [1.165, 1.54) is 0 Å². The smallest absolute Gasteiger partial charge is 0.257 e. The van der Waals surface area contributed by atoms with Gasteiger partial charge in [-0.15, -0.1) is 0 Å². The van der Waals surface area contributed by atoms with Crippen molar-refractivity contribution in [3.8, 4) is 17.1 Å². The third-order valence-electron chi connectivity index (χ3n) is 4.00. The highest BCUT2D eigenvalue weighted by atomic mass is 16.7. The van der Waals surface area contributed by atoms with Crippen molar-refractivity contribution in [3.05, 3.63) is 35.5 Å². The minimum Gasteiger partial charge on any atom is -0.497 e. The maximum absolute atomic E-state index is 12.6. The molecule has 0 saturated carbocycles. The molecule has 0 radical (unpaired) electrons. The number of nitrogens with zero attached hydrogens (tertiary/aromatic N) is 1. The van der Waals surface area contributed by atoms with Gasteiger partial charge in [0, 0.05) is 12.1 Å². The Morgan fingerprint density at radius 2 is 2.08 bits per heavy atom. The summed E-state index contributed by atoms with van der Waals surface area (Å²) in [5.74, 6) is 0.294. The molecule has 1 aliphatic heterocycles. The number of amides is 1. The summed E-state index contributed by atoms with van der Waals surface area (Å²) in [6.45, 7) is 6.24. The zero-order chi connectivity index (χ0) is 18.0. The quantitative estimate of drug-likeness (QED) is 0.896. The highest BCUT2D eigenvalue weighted by molar-refractivity contribution is 6.00. The number of carbonyl (C=O) groups is 1. The maximum Gasteiger partial charge on any atom is 0.257 e. The van der Waals surface area contributed by atoms with Crippen LogP contribution < -0.4 is 10.1 Å². The first-order chi connectivity index (χ1) is 11.9. The molecule has 25 heavy (non-hydrogen) atoms. The van der Waals surface area contributed by atoms with Crippen LogP contribution in [0.25, 0.3) is 11.3 Å². The molecule has 1 amide bonds. The minimum atomic E-state index is -0.614. The fourth-order valence-electron chi connectivity index (χ4n) is 2.74. The Bertz CT molecular complexity index is 751. The van der Waals surface area contributed by atoms with Crippen LogP contribution in [0.15, 0.2) is 28.8 Å². The van der Waals surface area contributed by atoms with E-state index in [0.29, 0.717) is 30.2 Å². The van der Waals surface area contributed by atoms with E-state index in [4.69, 9.17) is 18.7 Å². The third-order valence-corrected chi connectivity index (χ3v) is 4.00. The summed E-state index contributed by atoms with van der Waals surface area (Å²) in [6, 6.07) is 7.26. The number of hydrogen-bond donors (Lipinski definition) is 1. The summed E-state index contributed by atoms with van der Waals surface area (Å²) in [5.41, 5.74) is 1.71.